The molecule has 0 heterocycles. The Balaban J connectivity index is 2.65. The third-order valence-electron chi connectivity index (χ3n) is 2.68. The number of benzene rings is 1. The first kappa shape index (κ1) is 15.2. The van der Waals surface area contributed by atoms with Crippen LogP contribution in [0, 0.1) is 5.92 Å². The van der Waals surface area contributed by atoms with Crippen LogP contribution in [0.4, 0.5) is 0 Å². The monoisotopic (exact) mass is 270 g/mol. The lowest BCUT2D eigenvalue weighted by atomic mass is 10.1. The lowest BCUT2D eigenvalue weighted by molar-refractivity contribution is 0.265. The van der Waals surface area contributed by atoms with Gasteiger partial charge >= 0.3 is 0 Å². The van der Waals surface area contributed by atoms with Gasteiger partial charge in [-0.3, -0.25) is 0 Å². The predicted octanol–water partition coefficient (Wildman–Crippen LogP) is 4.64. The lowest BCUT2D eigenvalue weighted by Crippen LogP contribution is -2.04. The molecule has 0 amide bonds. The average Bonchev–Trinajstić information content (AvgIpc) is 2.35. The van der Waals surface area contributed by atoms with Crippen molar-refractivity contribution in [2.75, 3.05) is 13.2 Å². The quantitative estimate of drug-likeness (QED) is 0.506. The number of alkyl halides is 1. The Morgan fingerprint density at radius 3 is 2.61 bits per heavy atom. The Morgan fingerprint density at radius 2 is 2.00 bits per heavy atom. The highest BCUT2D eigenvalue weighted by atomic mass is 35.5. The normalized spacial score (nSPS) is 10.7. The maximum atomic E-state index is 5.93. The van der Waals surface area contributed by atoms with Crippen LogP contribution < -0.4 is 9.47 Å². The molecule has 2 nitrogen and oxygen atoms in total. The zero-order valence-corrected chi connectivity index (χ0v) is 12.3. The van der Waals surface area contributed by atoms with Gasteiger partial charge in [0, 0.05) is 5.56 Å². The molecule has 0 aliphatic heterocycles. The molecule has 0 fully saturated rings. The molecule has 0 N–H and O–H groups in total. The van der Waals surface area contributed by atoms with E-state index in [1.54, 1.807) is 0 Å². The Labute approximate surface area is 115 Å². The Morgan fingerprint density at radius 1 is 1.22 bits per heavy atom. The summed E-state index contributed by atoms with van der Waals surface area (Å²) in [6, 6.07) is 5.86. The molecule has 1 rings (SSSR count). The van der Waals surface area contributed by atoms with Crippen LogP contribution >= 0.6 is 11.6 Å². The van der Waals surface area contributed by atoms with Gasteiger partial charge in [0.25, 0.3) is 0 Å². The molecule has 3 heteroatoms. The van der Waals surface area contributed by atoms with E-state index in [2.05, 4.69) is 13.8 Å². The van der Waals surface area contributed by atoms with Gasteiger partial charge in [-0.25, -0.2) is 0 Å². The Bertz CT molecular complexity index is 350. The van der Waals surface area contributed by atoms with Gasteiger partial charge in [0.2, 0.25) is 0 Å². The molecule has 0 spiro atoms. The third kappa shape index (κ3) is 4.77. The molecule has 0 radical (unpaired) electrons. The summed E-state index contributed by atoms with van der Waals surface area (Å²) in [5.41, 5.74) is 0.993. The fraction of sp³-hybridized carbons (Fsp3) is 0.600. The van der Waals surface area contributed by atoms with E-state index in [0.29, 0.717) is 25.0 Å². The molecule has 1 aromatic rings. The first-order valence-corrected chi connectivity index (χ1v) is 7.16. The van der Waals surface area contributed by atoms with Crippen LogP contribution in [0.25, 0.3) is 0 Å². The molecular formula is C15H23ClO2. The van der Waals surface area contributed by atoms with Crippen LogP contribution in [0.3, 0.4) is 0 Å². The summed E-state index contributed by atoms with van der Waals surface area (Å²) in [7, 11) is 0. The Kier molecular flexibility index (Phi) is 6.96. The maximum Gasteiger partial charge on any atom is 0.165 e. The van der Waals surface area contributed by atoms with Crippen molar-refractivity contribution in [3.05, 3.63) is 23.8 Å². The van der Waals surface area contributed by atoms with Crippen molar-refractivity contribution in [2.24, 2.45) is 5.92 Å². The van der Waals surface area contributed by atoms with Gasteiger partial charge in [-0.05, 0) is 31.7 Å². The standard InChI is InChI=1S/C15H23ClO2/c1-4-17-14-9-5-8-13(11-16)15(14)18-10-6-7-12(2)3/h5,8-9,12H,4,6-7,10-11H2,1-3H3. The van der Waals surface area contributed by atoms with Crippen molar-refractivity contribution in [3.63, 3.8) is 0 Å². The number of hydrogen-bond acceptors (Lipinski definition) is 2. The van der Waals surface area contributed by atoms with E-state index < -0.39 is 0 Å². The van der Waals surface area contributed by atoms with E-state index in [0.717, 1.165) is 23.5 Å². The van der Waals surface area contributed by atoms with Gasteiger partial charge in [0.15, 0.2) is 11.5 Å². The third-order valence-corrected chi connectivity index (χ3v) is 2.96. The van der Waals surface area contributed by atoms with Crippen LogP contribution in [0.1, 0.15) is 39.2 Å². The van der Waals surface area contributed by atoms with Gasteiger partial charge in [-0.2, -0.15) is 0 Å². The van der Waals surface area contributed by atoms with Crippen molar-refractivity contribution in [2.45, 2.75) is 39.5 Å². The smallest absolute Gasteiger partial charge is 0.165 e. The fourth-order valence-corrected chi connectivity index (χ4v) is 1.98. The number of rotatable bonds is 8. The molecule has 0 aromatic heterocycles. The lowest BCUT2D eigenvalue weighted by Gasteiger charge is -2.15. The van der Waals surface area contributed by atoms with Gasteiger partial charge in [-0.15, -0.1) is 11.6 Å². The minimum absolute atomic E-state index is 0.445. The van der Waals surface area contributed by atoms with E-state index in [1.807, 2.05) is 25.1 Å². The summed E-state index contributed by atoms with van der Waals surface area (Å²) in [5.74, 6) is 2.75. The van der Waals surface area contributed by atoms with Crippen molar-refractivity contribution < 1.29 is 9.47 Å². The van der Waals surface area contributed by atoms with Gasteiger partial charge < -0.3 is 9.47 Å². The number of ether oxygens (including phenoxy) is 2. The van der Waals surface area contributed by atoms with E-state index in [1.165, 1.54) is 6.42 Å². The highest BCUT2D eigenvalue weighted by molar-refractivity contribution is 6.17. The van der Waals surface area contributed by atoms with E-state index in [9.17, 15) is 0 Å². The van der Waals surface area contributed by atoms with Crippen LogP contribution in [-0.4, -0.2) is 13.2 Å². The predicted molar refractivity (Wildman–Crippen MR) is 76.7 cm³/mol. The fourth-order valence-electron chi connectivity index (χ4n) is 1.77. The highest BCUT2D eigenvalue weighted by Gasteiger charge is 2.10. The van der Waals surface area contributed by atoms with E-state index in [4.69, 9.17) is 21.1 Å². The molecule has 102 valence electrons. The zero-order chi connectivity index (χ0) is 13.4. The molecule has 1 aromatic carbocycles. The van der Waals surface area contributed by atoms with Crippen molar-refractivity contribution in [3.8, 4) is 11.5 Å². The van der Waals surface area contributed by atoms with Gasteiger partial charge in [0.1, 0.15) is 0 Å². The second-order valence-corrected chi connectivity index (χ2v) is 4.96. The Hall–Kier alpha value is -0.890. The van der Waals surface area contributed by atoms with Crippen molar-refractivity contribution in [1.82, 2.24) is 0 Å². The highest BCUT2D eigenvalue weighted by Crippen LogP contribution is 2.32. The summed E-state index contributed by atoms with van der Waals surface area (Å²) in [4.78, 5) is 0. The van der Waals surface area contributed by atoms with E-state index in [-0.39, 0.29) is 0 Å². The summed E-state index contributed by atoms with van der Waals surface area (Å²) >= 11 is 5.93. The van der Waals surface area contributed by atoms with Gasteiger partial charge in [-0.1, -0.05) is 26.0 Å². The number of para-hydroxylation sites is 1. The number of halogens is 1. The average molecular weight is 271 g/mol. The maximum absolute atomic E-state index is 5.93. The van der Waals surface area contributed by atoms with E-state index >= 15 is 0 Å². The SMILES string of the molecule is CCOc1cccc(CCl)c1OCCCC(C)C. The van der Waals surface area contributed by atoms with Crippen molar-refractivity contribution >= 4 is 11.6 Å². The summed E-state index contributed by atoms with van der Waals surface area (Å²) in [6.45, 7) is 7.76. The van der Waals surface area contributed by atoms with Crippen molar-refractivity contribution in [1.29, 1.82) is 0 Å². The second kappa shape index (κ2) is 8.25. The molecule has 0 unspecified atom stereocenters. The molecule has 18 heavy (non-hydrogen) atoms. The molecule has 0 atom stereocenters. The van der Waals surface area contributed by atoms with Crippen LogP contribution in [0.15, 0.2) is 18.2 Å². The molecule has 0 saturated carbocycles. The molecule has 0 aliphatic rings. The first-order chi connectivity index (χ1) is 8.69. The minimum atomic E-state index is 0.445. The van der Waals surface area contributed by atoms with Gasteiger partial charge in [0.05, 0.1) is 19.1 Å². The van der Waals surface area contributed by atoms with Crippen LogP contribution in [-0.2, 0) is 5.88 Å². The molecule has 0 bridgehead atoms. The topological polar surface area (TPSA) is 18.5 Å². The second-order valence-electron chi connectivity index (χ2n) is 4.70. The first-order valence-electron chi connectivity index (χ1n) is 6.62. The summed E-state index contributed by atoms with van der Waals surface area (Å²) in [5, 5.41) is 0. The van der Waals surface area contributed by atoms with Crippen LogP contribution in [0.5, 0.6) is 11.5 Å². The largest absolute Gasteiger partial charge is 0.490 e. The minimum Gasteiger partial charge on any atom is -0.490 e. The number of hydrogen-bond donors (Lipinski definition) is 0. The molecule has 0 saturated heterocycles. The molecular weight excluding hydrogens is 248 g/mol. The summed E-state index contributed by atoms with van der Waals surface area (Å²) < 4.78 is 11.4. The van der Waals surface area contributed by atoms with Crippen LogP contribution in [0.2, 0.25) is 0 Å². The summed E-state index contributed by atoms with van der Waals surface area (Å²) in [6.07, 6.45) is 2.23. The zero-order valence-electron chi connectivity index (χ0n) is 11.5. The molecule has 0 aliphatic carbocycles.